The minimum Gasteiger partial charge on any atom is -0.319 e. The lowest BCUT2D eigenvalue weighted by molar-refractivity contribution is -0.386. The summed E-state index contributed by atoms with van der Waals surface area (Å²) in [4.78, 5) is 27.9. The number of carbonyl (C=O) groups is 1. The summed E-state index contributed by atoms with van der Waals surface area (Å²) in [6.07, 6.45) is 4.71. The lowest BCUT2D eigenvalue weighted by atomic mass is 9.68. The van der Waals surface area contributed by atoms with Crippen LogP contribution in [0.2, 0.25) is 0 Å². The lowest BCUT2D eigenvalue weighted by Crippen LogP contribution is -2.46. The second kappa shape index (κ2) is 12.5. The van der Waals surface area contributed by atoms with Gasteiger partial charge in [0, 0.05) is 35.8 Å². The third-order valence-corrected chi connectivity index (χ3v) is 8.08. The molecular weight excluding hydrogens is 486 g/mol. The van der Waals surface area contributed by atoms with Crippen molar-refractivity contribution < 1.29 is 9.72 Å². The number of para-hydroxylation sites is 2. The Morgan fingerprint density at radius 3 is 2.05 bits per heavy atom. The number of carbonyl (C=O) groups excluding carboxylic acids is 1. The minimum absolute atomic E-state index is 0.145. The molecule has 6 nitrogen and oxygen atoms in total. The van der Waals surface area contributed by atoms with Crippen LogP contribution in [-0.4, -0.2) is 22.4 Å². The predicted molar refractivity (Wildman–Crippen MR) is 158 cm³/mol. The van der Waals surface area contributed by atoms with E-state index in [0.717, 1.165) is 60.0 Å². The first-order valence-corrected chi connectivity index (χ1v) is 14.2. The number of nitro groups is 1. The summed E-state index contributed by atoms with van der Waals surface area (Å²) in [6, 6.07) is 23.2. The van der Waals surface area contributed by atoms with Gasteiger partial charge in [-0.2, -0.15) is 0 Å². The van der Waals surface area contributed by atoms with Crippen molar-refractivity contribution in [3.05, 3.63) is 105 Å². The topological polar surface area (TPSA) is 75.5 Å². The minimum atomic E-state index is -0.480. The number of nitrogens with one attached hydrogen (secondary N) is 1. The molecule has 39 heavy (non-hydrogen) atoms. The van der Waals surface area contributed by atoms with E-state index >= 15 is 0 Å². The Morgan fingerprint density at radius 1 is 0.872 bits per heavy atom. The van der Waals surface area contributed by atoms with Gasteiger partial charge in [0.05, 0.1) is 4.92 Å². The number of nitro benzene ring substituents is 1. The van der Waals surface area contributed by atoms with E-state index in [9.17, 15) is 14.9 Å². The third kappa shape index (κ3) is 6.49. The van der Waals surface area contributed by atoms with Crippen LogP contribution < -0.4 is 5.32 Å². The molecule has 0 aliphatic heterocycles. The normalized spacial score (nSPS) is 14.8. The average Bonchev–Trinajstić information content (AvgIpc) is 2.93. The van der Waals surface area contributed by atoms with Gasteiger partial charge in [0.2, 0.25) is 0 Å². The molecule has 6 heteroatoms. The zero-order valence-corrected chi connectivity index (χ0v) is 23.7. The highest BCUT2D eigenvalue weighted by atomic mass is 16.6. The summed E-state index contributed by atoms with van der Waals surface area (Å²) in [5.41, 5.74) is 4.54. The van der Waals surface area contributed by atoms with Crippen molar-refractivity contribution in [3.8, 4) is 0 Å². The number of anilines is 1. The Balaban J connectivity index is 1.77. The number of rotatable bonds is 9. The highest BCUT2D eigenvalue weighted by Gasteiger charge is 2.41. The monoisotopic (exact) mass is 527 g/mol. The van der Waals surface area contributed by atoms with Crippen LogP contribution in [0.25, 0.3) is 0 Å². The standard InChI is InChI=1S/C33H41N3O3/c1-24(2)27-16-13-17-28(25(3)4)31(27)34-32(37)35(22-26-14-7-5-8-15-26)23-33(20-11-6-12-21-33)29-18-9-10-19-30(29)36(38)39/h5,7-10,13-19,24-25H,6,11-12,20-23H2,1-4H3,(H,34,37). The third-order valence-electron chi connectivity index (χ3n) is 8.08. The fourth-order valence-electron chi connectivity index (χ4n) is 6.07. The molecule has 3 aromatic rings. The summed E-state index contributed by atoms with van der Waals surface area (Å²) in [5.74, 6) is 0.497. The molecule has 1 aliphatic rings. The zero-order valence-electron chi connectivity index (χ0n) is 23.7. The van der Waals surface area contributed by atoms with E-state index in [2.05, 4.69) is 51.2 Å². The van der Waals surface area contributed by atoms with Gasteiger partial charge in [0.1, 0.15) is 0 Å². The Labute approximate surface area is 232 Å². The Morgan fingerprint density at radius 2 is 1.46 bits per heavy atom. The van der Waals surface area contributed by atoms with E-state index in [1.807, 2.05) is 47.4 Å². The van der Waals surface area contributed by atoms with Gasteiger partial charge in [-0.25, -0.2) is 4.79 Å². The van der Waals surface area contributed by atoms with Gasteiger partial charge in [0.25, 0.3) is 5.69 Å². The van der Waals surface area contributed by atoms with Crippen LogP contribution in [0.4, 0.5) is 16.2 Å². The molecule has 0 atom stereocenters. The highest BCUT2D eigenvalue weighted by molar-refractivity contribution is 5.91. The van der Waals surface area contributed by atoms with E-state index < -0.39 is 5.41 Å². The molecule has 4 rings (SSSR count). The summed E-state index contributed by atoms with van der Waals surface area (Å²) in [5, 5.41) is 15.4. The molecular formula is C33H41N3O3. The van der Waals surface area contributed by atoms with Gasteiger partial charge >= 0.3 is 6.03 Å². The van der Waals surface area contributed by atoms with Gasteiger partial charge in [-0.3, -0.25) is 10.1 Å². The Hall–Kier alpha value is -3.67. The number of amides is 2. The molecule has 0 heterocycles. The second-order valence-electron chi connectivity index (χ2n) is 11.5. The lowest BCUT2D eigenvalue weighted by Gasteiger charge is -2.41. The number of benzene rings is 3. The Kier molecular flexibility index (Phi) is 9.05. The molecule has 0 saturated heterocycles. The van der Waals surface area contributed by atoms with Crippen molar-refractivity contribution in [2.45, 2.75) is 83.6 Å². The SMILES string of the molecule is CC(C)c1cccc(C(C)C)c1NC(=O)N(Cc1ccccc1)CC1(c2ccccc2[N+](=O)[O-])CCCCC1. The average molecular weight is 528 g/mol. The first kappa shape index (κ1) is 28.3. The smallest absolute Gasteiger partial charge is 0.319 e. The van der Waals surface area contributed by atoms with Gasteiger partial charge in [0.15, 0.2) is 0 Å². The summed E-state index contributed by atoms with van der Waals surface area (Å²) < 4.78 is 0. The second-order valence-corrected chi connectivity index (χ2v) is 11.5. The van der Waals surface area contributed by atoms with Crippen molar-refractivity contribution in [3.63, 3.8) is 0 Å². The quantitative estimate of drug-likeness (QED) is 0.223. The maximum Gasteiger partial charge on any atom is 0.322 e. The van der Waals surface area contributed by atoms with Crippen LogP contribution in [0.5, 0.6) is 0 Å². The molecule has 1 N–H and O–H groups in total. The molecule has 0 unspecified atom stereocenters. The first-order valence-electron chi connectivity index (χ1n) is 14.2. The zero-order chi connectivity index (χ0) is 28.0. The predicted octanol–water partition coefficient (Wildman–Crippen LogP) is 8.78. The molecule has 0 radical (unpaired) electrons. The van der Waals surface area contributed by atoms with E-state index in [-0.39, 0.29) is 28.5 Å². The van der Waals surface area contributed by atoms with Crippen molar-refractivity contribution in [1.82, 2.24) is 4.90 Å². The molecule has 1 fully saturated rings. The van der Waals surface area contributed by atoms with Crippen molar-refractivity contribution in [2.75, 3.05) is 11.9 Å². The maximum atomic E-state index is 14.2. The largest absolute Gasteiger partial charge is 0.322 e. The van der Waals surface area contributed by atoms with E-state index in [1.165, 1.54) is 0 Å². The molecule has 3 aromatic carbocycles. The maximum absolute atomic E-state index is 14.2. The van der Waals surface area contributed by atoms with Crippen LogP contribution in [0.15, 0.2) is 72.8 Å². The molecule has 1 aliphatic carbocycles. The van der Waals surface area contributed by atoms with E-state index in [4.69, 9.17) is 0 Å². The molecule has 206 valence electrons. The Bertz CT molecular complexity index is 1250. The van der Waals surface area contributed by atoms with Gasteiger partial charge in [-0.15, -0.1) is 0 Å². The number of urea groups is 1. The fourth-order valence-corrected chi connectivity index (χ4v) is 6.07. The molecule has 1 saturated carbocycles. The highest BCUT2D eigenvalue weighted by Crippen LogP contribution is 2.44. The van der Waals surface area contributed by atoms with Crippen LogP contribution in [0, 0.1) is 10.1 Å². The van der Waals surface area contributed by atoms with Crippen molar-refractivity contribution in [2.24, 2.45) is 0 Å². The first-order chi connectivity index (χ1) is 18.7. The number of nitrogens with zero attached hydrogens (tertiary/aromatic N) is 2. The molecule has 2 amide bonds. The van der Waals surface area contributed by atoms with Crippen LogP contribution >= 0.6 is 0 Å². The van der Waals surface area contributed by atoms with Crippen LogP contribution in [0.1, 0.15) is 93.9 Å². The van der Waals surface area contributed by atoms with Gasteiger partial charge in [-0.1, -0.05) is 114 Å². The van der Waals surface area contributed by atoms with Crippen molar-refractivity contribution >= 4 is 17.4 Å². The van der Waals surface area contributed by atoms with Crippen LogP contribution in [-0.2, 0) is 12.0 Å². The fraction of sp³-hybridized carbons (Fsp3) is 0.424. The number of hydrogen-bond acceptors (Lipinski definition) is 3. The van der Waals surface area contributed by atoms with Crippen LogP contribution in [0.3, 0.4) is 0 Å². The van der Waals surface area contributed by atoms with Gasteiger partial charge < -0.3 is 10.2 Å². The van der Waals surface area contributed by atoms with Crippen molar-refractivity contribution in [1.29, 1.82) is 0 Å². The van der Waals surface area contributed by atoms with Gasteiger partial charge in [-0.05, 0) is 41.4 Å². The molecule has 0 aromatic heterocycles. The summed E-state index contributed by atoms with van der Waals surface area (Å²) >= 11 is 0. The summed E-state index contributed by atoms with van der Waals surface area (Å²) in [6.45, 7) is 9.41. The van der Waals surface area contributed by atoms with E-state index in [1.54, 1.807) is 12.1 Å². The number of hydrogen-bond donors (Lipinski definition) is 1. The molecule has 0 spiro atoms. The van der Waals surface area contributed by atoms with E-state index in [0.29, 0.717) is 13.1 Å². The summed E-state index contributed by atoms with van der Waals surface area (Å²) in [7, 11) is 0. The molecule has 0 bridgehead atoms.